The monoisotopic (exact) mass is 413 g/mol. The molecule has 0 saturated carbocycles. The summed E-state index contributed by atoms with van der Waals surface area (Å²) in [4.78, 5) is 8.34. The van der Waals surface area contributed by atoms with Gasteiger partial charge in [-0.1, -0.05) is 35.5 Å². The van der Waals surface area contributed by atoms with E-state index < -0.39 is 6.36 Å². The van der Waals surface area contributed by atoms with Gasteiger partial charge in [0.25, 0.3) is 0 Å². The second-order valence-corrected chi connectivity index (χ2v) is 6.13. The number of benzene rings is 2. The minimum atomic E-state index is -4.75. The first kappa shape index (κ1) is 19.2. The Morgan fingerprint density at radius 1 is 1.00 bits per heavy atom. The second-order valence-electron chi connectivity index (χ2n) is 6.13. The Morgan fingerprint density at radius 3 is 2.40 bits per heavy atom. The van der Waals surface area contributed by atoms with E-state index >= 15 is 0 Å². The maximum atomic E-state index is 12.2. The molecule has 0 unspecified atom stereocenters. The minimum absolute atomic E-state index is 0.153. The summed E-state index contributed by atoms with van der Waals surface area (Å²) in [6.45, 7) is 0. The van der Waals surface area contributed by atoms with Gasteiger partial charge in [0.05, 0.1) is 5.56 Å². The van der Waals surface area contributed by atoms with Gasteiger partial charge in [-0.15, -0.1) is 13.2 Å². The van der Waals surface area contributed by atoms with E-state index in [-0.39, 0.29) is 17.5 Å². The highest BCUT2D eigenvalue weighted by Gasteiger charge is 2.30. The van der Waals surface area contributed by atoms with Crippen LogP contribution in [0.4, 0.5) is 30.6 Å². The molecular formula is C20H14F3N5O2. The quantitative estimate of drug-likeness (QED) is 0.474. The van der Waals surface area contributed by atoms with Gasteiger partial charge in [-0.3, -0.25) is 0 Å². The first-order chi connectivity index (χ1) is 14.4. The molecule has 0 radical (unpaired) electrons. The average Bonchev–Trinajstić information content (AvgIpc) is 3.19. The Labute approximate surface area is 168 Å². The number of anilines is 3. The van der Waals surface area contributed by atoms with Crippen LogP contribution in [-0.4, -0.2) is 21.5 Å². The van der Waals surface area contributed by atoms with E-state index in [0.717, 1.165) is 5.56 Å². The van der Waals surface area contributed by atoms with E-state index in [4.69, 9.17) is 10.3 Å². The van der Waals surface area contributed by atoms with Crippen molar-refractivity contribution in [2.75, 3.05) is 11.1 Å². The van der Waals surface area contributed by atoms with Crippen LogP contribution in [-0.2, 0) is 0 Å². The molecule has 0 aliphatic carbocycles. The minimum Gasteiger partial charge on any atom is -0.406 e. The van der Waals surface area contributed by atoms with Gasteiger partial charge in [-0.2, -0.15) is 4.98 Å². The van der Waals surface area contributed by atoms with E-state index in [1.165, 1.54) is 30.5 Å². The fraction of sp³-hybridized carbons (Fsp3) is 0.0500. The summed E-state index contributed by atoms with van der Waals surface area (Å²) in [5.74, 6) is 0.402. The molecule has 0 spiro atoms. The average molecular weight is 413 g/mol. The van der Waals surface area contributed by atoms with Gasteiger partial charge in [-0.05, 0) is 24.3 Å². The normalized spacial score (nSPS) is 11.3. The molecule has 0 aliphatic rings. The smallest absolute Gasteiger partial charge is 0.406 e. The van der Waals surface area contributed by atoms with Crippen molar-refractivity contribution in [2.45, 2.75) is 6.36 Å². The van der Waals surface area contributed by atoms with Crippen molar-refractivity contribution in [3.63, 3.8) is 0 Å². The molecule has 0 fully saturated rings. The third-order valence-electron chi connectivity index (χ3n) is 4.01. The second kappa shape index (κ2) is 7.74. The summed E-state index contributed by atoms with van der Waals surface area (Å²) in [5.41, 5.74) is 8.49. The van der Waals surface area contributed by atoms with Crippen LogP contribution in [0, 0.1) is 0 Å². The molecular weight excluding hydrogens is 399 g/mol. The van der Waals surface area contributed by atoms with Gasteiger partial charge in [0, 0.05) is 23.5 Å². The Hall–Kier alpha value is -4.08. The lowest BCUT2D eigenvalue weighted by Gasteiger charge is -2.10. The molecule has 10 heteroatoms. The molecule has 2 heterocycles. The number of hydrogen-bond acceptors (Lipinski definition) is 7. The number of nitrogens with one attached hydrogen (secondary N) is 1. The summed E-state index contributed by atoms with van der Waals surface area (Å²) in [6, 6.07) is 16.4. The zero-order chi connectivity index (χ0) is 21.1. The number of nitrogen functional groups attached to an aromatic ring is 1. The Kier molecular flexibility index (Phi) is 4.97. The van der Waals surface area contributed by atoms with Crippen molar-refractivity contribution in [3.05, 3.63) is 66.9 Å². The summed E-state index contributed by atoms with van der Waals surface area (Å²) in [7, 11) is 0. The molecule has 152 valence electrons. The fourth-order valence-corrected chi connectivity index (χ4v) is 2.66. The number of alkyl halides is 3. The summed E-state index contributed by atoms with van der Waals surface area (Å²) < 4.78 is 45.9. The standard InChI is InChI=1S/C20H14F3N5O2/c21-20(22,23)29-14-8-6-13(7-9-14)26-19-25-11-15(18(24)27-19)17-10-16(28-30-17)12-4-2-1-3-5-12/h1-11H,(H3,24,25,26,27). The highest BCUT2D eigenvalue weighted by molar-refractivity contribution is 5.73. The highest BCUT2D eigenvalue weighted by atomic mass is 19.4. The zero-order valence-electron chi connectivity index (χ0n) is 15.2. The van der Waals surface area contributed by atoms with Crippen molar-refractivity contribution >= 4 is 17.5 Å². The van der Waals surface area contributed by atoms with Crippen LogP contribution in [0.15, 0.2) is 71.4 Å². The zero-order valence-corrected chi connectivity index (χ0v) is 15.2. The number of halogens is 3. The van der Waals surface area contributed by atoms with E-state index in [1.807, 2.05) is 30.3 Å². The van der Waals surface area contributed by atoms with Gasteiger partial charge in [0.2, 0.25) is 5.95 Å². The van der Waals surface area contributed by atoms with Gasteiger partial charge in [0.15, 0.2) is 5.76 Å². The van der Waals surface area contributed by atoms with E-state index in [2.05, 4.69) is 25.2 Å². The predicted molar refractivity (Wildman–Crippen MR) is 104 cm³/mol. The fourth-order valence-electron chi connectivity index (χ4n) is 2.66. The maximum Gasteiger partial charge on any atom is 0.573 e. The van der Waals surface area contributed by atoms with Crippen molar-refractivity contribution in [1.82, 2.24) is 15.1 Å². The molecule has 3 N–H and O–H groups in total. The van der Waals surface area contributed by atoms with Crippen LogP contribution in [0.2, 0.25) is 0 Å². The van der Waals surface area contributed by atoms with E-state index in [1.54, 1.807) is 6.07 Å². The van der Waals surface area contributed by atoms with Gasteiger partial charge >= 0.3 is 6.36 Å². The number of aromatic nitrogens is 3. The Balaban J connectivity index is 1.49. The highest BCUT2D eigenvalue weighted by Crippen LogP contribution is 2.30. The lowest BCUT2D eigenvalue weighted by Crippen LogP contribution is -2.17. The van der Waals surface area contributed by atoms with Gasteiger partial charge in [0.1, 0.15) is 17.3 Å². The number of rotatable bonds is 5. The third-order valence-corrected chi connectivity index (χ3v) is 4.01. The van der Waals surface area contributed by atoms with Gasteiger partial charge in [-0.25, -0.2) is 4.98 Å². The maximum absolute atomic E-state index is 12.2. The van der Waals surface area contributed by atoms with E-state index in [9.17, 15) is 13.2 Å². The molecule has 0 amide bonds. The molecule has 4 aromatic rings. The summed E-state index contributed by atoms with van der Waals surface area (Å²) in [5, 5.41) is 6.89. The molecule has 0 atom stereocenters. The molecule has 0 bridgehead atoms. The topological polar surface area (TPSA) is 99.1 Å². The molecule has 4 rings (SSSR count). The number of hydrogen-bond donors (Lipinski definition) is 2. The molecule has 30 heavy (non-hydrogen) atoms. The van der Waals surface area contributed by atoms with Crippen molar-refractivity contribution < 1.29 is 22.4 Å². The van der Waals surface area contributed by atoms with Crippen molar-refractivity contribution in [3.8, 4) is 28.3 Å². The van der Waals surface area contributed by atoms with Crippen LogP contribution in [0.25, 0.3) is 22.6 Å². The lowest BCUT2D eigenvalue weighted by molar-refractivity contribution is -0.274. The first-order valence-corrected chi connectivity index (χ1v) is 8.65. The summed E-state index contributed by atoms with van der Waals surface area (Å²) >= 11 is 0. The molecule has 0 aliphatic heterocycles. The SMILES string of the molecule is Nc1nc(Nc2ccc(OC(F)(F)F)cc2)ncc1-c1cc(-c2ccccc2)no1. The predicted octanol–water partition coefficient (Wildman–Crippen LogP) is 5.02. The molecule has 2 aromatic heterocycles. The first-order valence-electron chi connectivity index (χ1n) is 8.65. The third kappa shape index (κ3) is 4.49. The molecule has 0 saturated heterocycles. The number of nitrogens with zero attached hydrogens (tertiary/aromatic N) is 3. The van der Waals surface area contributed by atoms with Crippen molar-refractivity contribution in [1.29, 1.82) is 0 Å². The van der Waals surface area contributed by atoms with Crippen LogP contribution >= 0.6 is 0 Å². The summed E-state index contributed by atoms with van der Waals surface area (Å²) in [6.07, 6.45) is -3.27. The Bertz CT molecular complexity index is 1150. The van der Waals surface area contributed by atoms with E-state index in [0.29, 0.717) is 22.7 Å². The molecule has 7 nitrogen and oxygen atoms in total. The van der Waals surface area contributed by atoms with Crippen LogP contribution < -0.4 is 15.8 Å². The largest absolute Gasteiger partial charge is 0.573 e. The lowest BCUT2D eigenvalue weighted by atomic mass is 10.1. The Morgan fingerprint density at radius 2 is 1.73 bits per heavy atom. The molecule has 2 aromatic carbocycles. The number of ether oxygens (including phenoxy) is 1. The van der Waals surface area contributed by atoms with Crippen LogP contribution in [0.5, 0.6) is 5.75 Å². The van der Waals surface area contributed by atoms with Crippen molar-refractivity contribution in [2.24, 2.45) is 0 Å². The van der Waals surface area contributed by atoms with Crippen LogP contribution in [0.3, 0.4) is 0 Å². The van der Waals surface area contributed by atoms with Crippen LogP contribution in [0.1, 0.15) is 0 Å². The van der Waals surface area contributed by atoms with Gasteiger partial charge < -0.3 is 20.3 Å². The number of nitrogens with two attached hydrogens (primary N) is 1.